The monoisotopic (exact) mass is 181 g/mol. The first-order chi connectivity index (χ1) is 6.24. The summed E-state index contributed by atoms with van der Waals surface area (Å²) in [5, 5.41) is 0. The molecule has 1 atom stereocenters. The average molecular weight is 181 g/mol. The minimum Gasteiger partial charge on any atom is -0.377 e. The lowest BCUT2D eigenvalue weighted by atomic mass is 10.2. The van der Waals surface area contributed by atoms with Gasteiger partial charge >= 0.3 is 0 Å². The van der Waals surface area contributed by atoms with E-state index in [1.807, 2.05) is 0 Å². The van der Waals surface area contributed by atoms with Gasteiger partial charge in [0, 0.05) is 6.04 Å². The summed E-state index contributed by atoms with van der Waals surface area (Å²) in [5.74, 6) is 2.70. The zero-order valence-corrected chi connectivity index (χ0v) is 8.62. The molecule has 0 aromatic heterocycles. The molecule has 1 heterocycles. The number of nitrogens with zero attached hydrogens (tertiary/aromatic N) is 1. The van der Waals surface area contributed by atoms with Gasteiger partial charge < -0.3 is 4.74 Å². The first-order valence-electron chi connectivity index (χ1n) is 5.03. The summed E-state index contributed by atoms with van der Waals surface area (Å²) in [6, 6.07) is 0.554. The summed E-state index contributed by atoms with van der Waals surface area (Å²) in [7, 11) is 0. The fourth-order valence-corrected chi connectivity index (χ4v) is 1.71. The van der Waals surface area contributed by atoms with E-state index in [4.69, 9.17) is 11.2 Å². The van der Waals surface area contributed by atoms with Gasteiger partial charge in [-0.2, -0.15) is 0 Å². The maximum absolute atomic E-state index is 5.59. The molecule has 0 aromatic rings. The van der Waals surface area contributed by atoms with Crippen molar-refractivity contribution in [2.45, 2.75) is 38.8 Å². The van der Waals surface area contributed by atoms with Gasteiger partial charge in [-0.1, -0.05) is 5.92 Å². The van der Waals surface area contributed by atoms with Crippen molar-refractivity contribution >= 4 is 0 Å². The van der Waals surface area contributed by atoms with Gasteiger partial charge in [0.05, 0.1) is 19.3 Å². The lowest BCUT2D eigenvalue weighted by molar-refractivity contribution is 0.0405. The van der Waals surface area contributed by atoms with Crippen LogP contribution in [0, 0.1) is 12.3 Å². The van der Waals surface area contributed by atoms with Gasteiger partial charge in [0.2, 0.25) is 0 Å². The average Bonchev–Trinajstić information content (AvgIpc) is 2.49. The molecule has 0 N–H and O–H groups in total. The molecular weight excluding hydrogens is 162 g/mol. The highest BCUT2D eigenvalue weighted by atomic mass is 16.5. The molecule has 13 heavy (non-hydrogen) atoms. The van der Waals surface area contributed by atoms with Crippen LogP contribution in [0.2, 0.25) is 0 Å². The van der Waals surface area contributed by atoms with Crippen molar-refractivity contribution in [3.05, 3.63) is 0 Å². The zero-order chi connectivity index (χ0) is 9.68. The first kappa shape index (κ1) is 10.6. The van der Waals surface area contributed by atoms with Crippen LogP contribution in [-0.4, -0.2) is 36.7 Å². The van der Waals surface area contributed by atoms with Crippen LogP contribution in [0.1, 0.15) is 26.7 Å². The van der Waals surface area contributed by atoms with Crippen LogP contribution in [0.5, 0.6) is 0 Å². The Morgan fingerprint density at radius 1 is 1.62 bits per heavy atom. The summed E-state index contributed by atoms with van der Waals surface area (Å²) in [4.78, 5) is 2.34. The number of likely N-dealkylation sites (tertiary alicyclic amines) is 1. The highest BCUT2D eigenvalue weighted by Gasteiger charge is 2.23. The quantitative estimate of drug-likeness (QED) is 0.610. The molecule has 1 saturated heterocycles. The number of rotatable bonds is 4. The molecule has 1 aliphatic rings. The Balaban J connectivity index is 2.27. The Bertz CT molecular complexity index is 183. The normalized spacial score (nSPS) is 23.7. The lowest BCUT2D eigenvalue weighted by Gasteiger charge is -2.22. The van der Waals surface area contributed by atoms with Crippen molar-refractivity contribution in [1.82, 2.24) is 4.90 Å². The predicted octanol–water partition coefficient (Wildman–Crippen LogP) is 1.51. The smallest absolute Gasteiger partial charge is 0.0625 e. The highest BCUT2D eigenvalue weighted by Crippen LogP contribution is 2.16. The third-order valence-electron chi connectivity index (χ3n) is 2.42. The summed E-state index contributed by atoms with van der Waals surface area (Å²) in [6.45, 7) is 6.88. The summed E-state index contributed by atoms with van der Waals surface area (Å²) < 4.78 is 5.59. The third kappa shape index (κ3) is 3.38. The first-order valence-corrected chi connectivity index (χ1v) is 5.03. The van der Waals surface area contributed by atoms with Crippen molar-refractivity contribution in [2.75, 3.05) is 19.7 Å². The molecule has 0 aromatic carbocycles. The molecule has 2 nitrogen and oxygen atoms in total. The van der Waals surface area contributed by atoms with Gasteiger partial charge in [-0.05, 0) is 33.2 Å². The summed E-state index contributed by atoms with van der Waals surface area (Å²) in [6.07, 6.45) is 8.11. The van der Waals surface area contributed by atoms with Crippen molar-refractivity contribution in [1.29, 1.82) is 0 Å². The molecule has 0 amide bonds. The van der Waals surface area contributed by atoms with Gasteiger partial charge in [0.15, 0.2) is 0 Å². The third-order valence-corrected chi connectivity index (χ3v) is 2.42. The second-order valence-electron chi connectivity index (χ2n) is 3.85. The maximum atomic E-state index is 5.59. The molecule has 0 radical (unpaired) electrons. The molecule has 0 bridgehead atoms. The van der Waals surface area contributed by atoms with E-state index in [9.17, 15) is 0 Å². The molecule has 1 rings (SSSR count). The lowest BCUT2D eigenvalue weighted by Crippen LogP contribution is -2.34. The molecular formula is C11H19NO. The second-order valence-corrected chi connectivity index (χ2v) is 3.85. The highest BCUT2D eigenvalue weighted by molar-refractivity contribution is 4.92. The SMILES string of the molecule is C#CCN1CCCC1COC(C)C. The van der Waals surface area contributed by atoms with Crippen molar-refractivity contribution in [3.8, 4) is 12.3 Å². The molecule has 0 spiro atoms. The van der Waals surface area contributed by atoms with E-state index in [0.29, 0.717) is 12.1 Å². The summed E-state index contributed by atoms with van der Waals surface area (Å²) in [5.41, 5.74) is 0. The van der Waals surface area contributed by atoms with E-state index in [1.165, 1.54) is 12.8 Å². The Kier molecular flexibility index (Phi) is 4.27. The molecule has 0 saturated carbocycles. The molecule has 74 valence electrons. The fraction of sp³-hybridized carbons (Fsp3) is 0.818. The maximum Gasteiger partial charge on any atom is 0.0625 e. The summed E-state index contributed by atoms with van der Waals surface area (Å²) >= 11 is 0. The number of ether oxygens (including phenoxy) is 1. The molecule has 1 unspecified atom stereocenters. The topological polar surface area (TPSA) is 12.5 Å². The minimum absolute atomic E-state index is 0.327. The van der Waals surface area contributed by atoms with Crippen LogP contribution < -0.4 is 0 Å². The molecule has 0 aliphatic carbocycles. The van der Waals surface area contributed by atoms with E-state index >= 15 is 0 Å². The van der Waals surface area contributed by atoms with Crippen LogP contribution in [0.25, 0.3) is 0 Å². The number of hydrogen-bond donors (Lipinski definition) is 0. The molecule has 2 heteroatoms. The predicted molar refractivity (Wildman–Crippen MR) is 54.5 cm³/mol. The standard InChI is InChI=1S/C11H19NO/c1-4-7-12-8-5-6-11(12)9-13-10(2)3/h1,10-11H,5-9H2,2-3H3. The Hall–Kier alpha value is -0.520. The van der Waals surface area contributed by atoms with Gasteiger partial charge in [-0.15, -0.1) is 6.42 Å². The Morgan fingerprint density at radius 2 is 2.38 bits per heavy atom. The molecule has 1 aliphatic heterocycles. The van der Waals surface area contributed by atoms with Crippen molar-refractivity contribution in [3.63, 3.8) is 0 Å². The fourth-order valence-electron chi connectivity index (χ4n) is 1.71. The van der Waals surface area contributed by atoms with Crippen LogP contribution in [-0.2, 0) is 4.74 Å². The minimum atomic E-state index is 0.327. The van der Waals surface area contributed by atoms with Crippen LogP contribution >= 0.6 is 0 Å². The Labute approximate surface area is 81.3 Å². The van der Waals surface area contributed by atoms with Crippen LogP contribution in [0.4, 0.5) is 0 Å². The largest absolute Gasteiger partial charge is 0.377 e. The van der Waals surface area contributed by atoms with Crippen molar-refractivity contribution in [2.24, 2.45) is 0 Å². The van der Waals surface area contributed by atoms with Gasteiger partial charge in [-0.25, -0.2) is 0 Å². The van der Waals surface area contributed by atoms with Gasteiger partial charge in [-0.3, -0.25) is 4.90 Å². The van der Waals surface area contributed by atoms with E-state index < -0.39 is 0 Å². The number of terminal acetylenes is 1. The second kappa shape index (κ2) is 5.26. The van der Waals surface area contributed by atoms with Gasteiger partial charge in [0.1, 0.15) is 0 Å². The zero-order valence-electron chi connectivity index (χ0n) is 8.62. The van der Waals surface area contributed by atoms with E-state index in [1.54, 1.807) is 0 Å². The molecule has 1 fully saturated rings. The van der Waals surface area contributed by atoms with Crippen LogP contribution in [0.15, 0.2) is 0 Å². The number of hydrogen-bond acceptors (Lipinski definition) is 2. The van der Waals surface area contributed by atoms with Crippen molar-refractivity contribution < 1.29 is 4.74 Å². The Morgan fingerprint density at radius 3 is 3.00 bits per heavy atom. The van der Waals surface area contributed by atoms with E-state index in [-0.39, 0.29) is 0 Å². The van der Waals surface area contributed by atoms with E-state index in [2.05, 4.69) is 24.7 Å². The van der Waals surface area contributed by atoms with Gasteiger partial charge in [0.25, 0.3) is 0 Å². The van der Waals surface area contributed by atoms with Crippen LogP contribution in [0.3, 0.4) is 0 Å². The van der Waals surface area contributed by atoms with E-state index in [0.717, 1.165) is 19.7 Å².